The molecule has 1 aliphatic rings. The summed E-state index contributed by atoms with van der Waals surface area (Å²) in [5.41, 5.74) is 0.801. The molecule has 0 bridgehead atoms. The molecule has 0 aliphatic carbocycles. The first-order chi connectivity index (χ1) is 8.62. The molecule has 1 aliphatic heterocycles. The van der Waals surface area contributed by atoms with Gasteiger partial charge in [-0.15, -0.1) is 0 Å². The van der Waals surface area contributed by atoms with Gasteiger partial charge in [0, 0.05) is 0 Å². The van der Waals surface area contributed by atoms with Crippen molar-refractivity contribution in [3.63, 3.8) is 0 Å². The lowest BCUT2D eigenvalue weighted by molar-refractivity contribution is 0.191. The van der Waals surface area contributed by atoms with Crippen molar-refractivity contribution < 1.29 is 13.6 Å². The third kappa shape index (κ3) is 2.41. The zero-order chi connectivity index (χ0) is 13.2. The molecular weight excluding hydrogens is 271 g/mol. The summed E-state index contributed by atoms with van der Waals surface area (Å²) < 4.78 is 23.6. The van der Waals surface area contributed by atoms with Crippen molar-refractivity contribution in [2.24, 2.45) is 0 Å². The van der Waals surface area contributed by atoms with E-state index in [1.165, 1.54) is 0 Å². The van der Waals surface area contributed by atoms with Crippen LogP contribution in [0.5, 0.6) is 0 Å². The molecule has 0 saturated heterocycles. The Balaban J connectivity index is 2.50. The van der Waals surface area contributed by atoms with E-state index in [2.05, 4.69) is 0 Å². The van der Waals surface area contributed by atoms with Gasteiger partial charge in [0.15, 0.2) is 0 Å². The van der Waals surface area contributed by atoms with Gasteiger partial charge in [-0.1, -0.05) is 48.9 Å². The fourth-order valence-electron chi connectivity index (χ4n) is 1.96. The molecular formula is C13H16ClO3P. The average Bonchev–Trinajstić information content (AvgIpc) is 2.62. The summed E-state index contributed by atoms with van der Waals surface area (Å²) in [7, 11) is -3.28. The zero-order valence-corrected chi connectivity index (χ0v) is 12.1. The summed E-state index contributed by atoms with van der Waals surface area (Å²) >= 11 is 6.30. The fourth-order valence-corrected chi connectivity index (χ4v) is 4.74. The molecule has 3 nitrogen and oxygen atoms in total. The highest BCUT2D eigenvalue weighted by Crippen LogP contribution is 2.68. The van der Waals surface area contributed by atoms with Gasteiger partial charge in [-0.2, -0.15) is 0 Å². The monoisotopic (exact) mass is 286 g/mol. The summed E-state index contributed by atoms with van der Waals surface area (Å²) in [4.78, 5) is 0. The topological polar surface area (TPSA) is 35.5 Å². The molecule has 0 radical (unpaired) electrons. The highest BCUT2D eigenvalue weighted by atomic mass is 35.5. The van der Waals surface area contributed by atoms with Crippen molar-refractivity contribution in [3.05, 3.63) is 40.9 Å². The largest absolute Gasteiger partial charge is 0.363 e. The molecule has 1 heterocycles. The van der Waals surface area contributed by atoms with E-state index >= 15 is 0 Å². The molecule has 18 heavy (non-hydrogen) atoms. The Bertz CT molecular complexity index is 498. The minimum atomic E-state index is -3.28. The second-order valence-corrected chi connectivity index (χ2v) is 6.30. The average molecular weight is 287 g/mol. The van der Waals surface area contributed by atoms with Gasteiger partial charge in [0.05, 0.1) is 17.0 Å². The predicted octanol–water partition coefficient (Wildman–Crippen LogP) is 4.63. The van der Waals surface area contributed by atoms with Crippen LogP contribution >= 0.6 is 19.2 Å². The number of hydrogen-bond acceptors (Lipinski definition) is 3. The maximum absolute atomic E-state index is 12.7. The van der Waals surface area contributed by atoms with E-state index in [1.54, 1.807) is 6.92 Å². The Labute approximate surface area is 112 Å². The van der Waals surface area contributed by atoms with Gasteiger partial charge >= 0.3 is 7.60 Å². The second kappa shape index (κ2) is 5.58. The molecule has 98 valence electrons. The zero-order valence-electron chi connectivity index (χ0n) is 10.4. The molecule has 1 aromatic rings. The van der Waals surface area contributed by atoms with Crippen molar-refractivity contribution in [2.75, 3.05) is 6.61 Å². The van der Waals surface area contributed by atoms with E-state index in [0.717, 1.165) is 5.56 Å². The van der Waals surface area contributed by atoms with Gasteiger partial charge in [-0.3, -0.25) is 9.09 Å². The predicted molar refractivity (Wildman–Crippen MR) is 73.6 cm³/mol. The van der Waals surface area contributed by atoms with Crippen LogP contribution in [0.15, 0.2) is 35.4 Å². The van der Waals surface area contributed by atoms with Crippen LogP contribution in [0, 0.1) is 0 Å². The van der Waals surface area contributed by atoms with Gasteiger partial charge < -0.3 is 4.52 Å². The van der Waals surface area contributed by atoms with Crippen LogP contribution in [-0.2, 0) is 13.6 Å². The number of halogens is 1. The Morgan fingerprint density at radius 2 is 2.00 bits per heavy atom. The van der Waals surface area contributed by atoms with Crippen LogP contribution in [0.25, 0.3) is 5.31 Å². The first-order valence-electron chi connectivity index (χ1n) is 6.01. The lowest BCUT2D eigenvalue weighted by atomic mass is 10.1. The van der Waals surface area contributed by atoms with Crippen molar-refractivity contribution >= 4 is 24.5 Å². The highest BCUT2D eigenvalue weighted by molar-refractivity contribution is 7.65. The third-order valence-electron chi connectivity index (χ3n) is 2.77. The van der Waals surface area contributed by atoms with E-state index in [0.29, 0.717) is 23.4 Å². The van der Waals surface area contributed by atoms with Gasteiger partial charge in [0.25, 0.3) is 0 Å². The molecule has 2 rings (SSSR count). The molecule has 0 aromatic heterocycles. The van der Waals surface area contributed by atoms with Gasteiger partial charge in [0.1, 0.15) is 6.10 Å². The first kappa shape index (κ1) is 13.8. The van der Waals surface area contributed by atoms with Crippen molar-refractivity contribution in [1.29, 1.82) is 0 Å². The summed E-state index contributed by atoms with van der Waals surface area (Å²) in [5.74, 6) is 0. The highest BCUT2D eigenvalue weighted by Gasteiger charge is 2.44. The smallest absolute Gasteiger partial charge is 0.305 e. The number of rotatable bonds is 4. The molecule has 0 saturated carbocycles. The van der Waals surface area contributed by atoms with Gasteiger partial charge in [0.2, 0.25) is 0 Å². The van der Waals surface area contributed by atoms with Crippen LogP contribution in [0.1, 0.15) is 25.8 Å². The Kier molecular flexibility index (Phi) is 4.29. The fraction of sp³-hybridized carbons (Fsp3) is 0.385. The van der Waals surface area contributed by atoms with Crippen LogP contribution < -0.4 is 0 Å². The normalized spacial score (nSPS) is 27.8. The second-order valence-electron chi connectivity index (χ2n) is 3.98. The van der Waals surface area contributed by atoms with E-state index in [-0.39, 0.29) is 6.10 Å². The molecule has 0 amide bonds. The first-order valence-corrected chi connectivity index (χ1v) is 7.93. The van der Waals surface area contributed by atoms with E-state index < -0.39 is 7.60 Å². The van der Waals surface area contributed by atoms with E-state index in [4.69, 9.17) is 20.6 Å². The lowest BCUT2D eigenvalue weighted by Gasteiger charge is -2.15. The quantitative estimate of drug-likeness (QED) is 0.757. The van der Waals surface area contributed by atoms with Crippen LogP contribution in [0.2, 0.25) is 0 Å². The van der Waals surface area contributed by atoms with Crippen molar-refractivity contribution in [1.82, 2.24) is 0 Å². The summed E-state index contributed by atoms with van der Waals surface area (Å²) in [6.45, 7) is 4.06. The lowest BCUT2D eigenvalue weighted by Crippen LogP contribution is -2.04. The molecule has 5 heteroatoms. The minimum Gasteiger partial charge on any atom is -0.305 e. The van der Waals surface area contributed by atoms with Crippen LogP contribution in [-0.4, -0.2) is 12.7 Å². The van der Waals surface area contributed by atoms with Crippen molar-refractivity contribution in [2.45, 2.75) is 26.4 Å². The minimum absolute atomic E-state index is 0.328. The summed E-state index contributed by atoms with van der Waals surface area (Å²) in [6, 6.07) is 9.39. The molecule has 0 fully saturated rings. The SMILES string of the molecule is CCO[P@@]1(=O)O[C@@H](CC)C(Cl)=C1c1ccccc1. The molecule has 0 spiro atoms. The number of hydrogen-bond donors (Lipinski definition) is 0. The molecule has 1 aromatic carbocycles. The maximum Gasteiger partial charge on any atom is 0.363 e. The summed E-state index contributed by atoms with van der Waals surface area (Å²) in [5, 5.41) is 1.01. The summed E-state index contributed by atoms with van der Waals surface area (Å²) in [6.07, 6.45) is 0.339. The number of benzene rings is 1. The van der Waals surface area contributed by atoms with Gasteiger partial charge in [-0.05, 0) is 18.9 Å². The van der Waals surface area contributed by atoms with Crippen LogP contribution in [0.4, 0.5) is 0 Å². The Hall–Kier alpha value is -0.600. The van der Waals surface area contributed by atoms with Crippen LogP contribution in [0.3, 0.4) is 0 Å². The Morgan fingerprint density at radius 1 is 1.33 bits per heavy atom. The van der Waals surface area contributed by atoms with Crippen molar-refractivity contribution in [3.8, 4) is 0 Å². The molecule has 0 unspecified atom stereocenters. The standard InChI is InChI=1S/C13H16ClO3P/c1-3-11-12(14)13(10-8-6-5-7-9-10)18(15,17-11)16-4-2/h5-9,11H,3-4H2,1-2H3/t11-,18+/m0/s1. The van der Waals surface area contributed by atoms with Gasteiger partial charge in [-0.25, -0.2) is 0 Å². The molecule has 2 atom stereocenters. The maximum atomic E-state index is 12.7. The van der Waals surface area contributed by atoms with E-state index in [1.807, 2.05) is 37.3 Å². The molecule has 0 N–H and O–H groups in total. The third-order valence-corrected chi connectivity index (χ3v) is 5.51. The van der Waals surface area contributed by atoms with E-state index in [9.17, 15) is 4.57 Å². The Morgan fingerprint density at radius 3 is 2.56 bits per heavy atom.